The average molecular weight is 358 g/mol. The molecule has 0 aliphatic heterocycles. The maximum atomic E-state index is 12.5. The average Bonchev–Trinajstić information content (AvgIpc) is 3.12. The predicted octanol–water partition coefficient (Wildman–Crippen LogP) is 3.02. The minimum absolute atomic E-state index is 0.0707. The van der Waals surface area contributed by atoms with E-state index in [2.05, 4.69) is 20.4 Å². The minimum Gasteiger partial charge on any atom is -0.355 e. The zero-order chi connectivity index (χ0) is 18.1. The maximum Gasteiger partial charge on any atom is 0.204 e. The molecule has 0 amide bonds. The van der Waals surface area contributed by atoms with E-state index >= 15 is 0 Å². The summed E-state index contributed by atoms with van der Waals surface area (Å²) in [5.74, 6) is 0.121. The van der Waals surface area contributed by atoms with Crippen molar-refractivity contribution in [3.8, 4) is 11.4 Å². The predicted molar refractivity (Wildman–Crippen MR) is 92.9 cm³/mol. The Morgan fingerprint density at radius 3 is 2.48 bits per heavy atom. The Balaban J connectivity index is 1.82. The van der Waals surface area contributed by atoms with Crippen LogP contribution in [-0.2, 0) is 6.54 Å². The van der Waals surface area contributed by atoms with E-state index in [0.29, 0.717) is 33.4 Å². The summed E-state index contributed by atoms with van der Waals surface area (Å²) < 4.78 is 0. The number of nitrogens with one attached hydrogen (secondary N) is 1. The third-order valence-corrected chi connectivity index (χ3v) is 4.16. The second kappa shape index (κ2) is 6.60. The van der Waals surface area contributed by atoms with Crippen LogP contribution in [0.1, 0.15) is 39.0 Å². The minimum atomic E-state index is -0.215. The molecule has 0 aliphatic rings. The molecule has 128 valence electrons. The second-order valence-electron chi connectivity index (χ2n) is 5.75. The van der Waals surface area contributed by atoms with Gasteiger partial charge in [0, 0.05) is 21.8 Å². The van der Waals surface area contributed by atoms with Gasteiger partial charge in [-0.15, -0.1) is 10.2 Å². The van der Waals surface area contributed by atoms with Crippen molar-refractivity contribution in [1.29, 1.82) is 0 Å². The van der Waals surface area contributed by atoms with Crippen LogP contribution in [0.2, 0.25) is 5.02 Å². The highest BCUT2D eigenvalue weighted by Gasteiger charge is 2.20. The lowest BCUT2D eigenvalue weighted by Crippen LogP contribution is -2.14. The Labute approximate surface area is 149 Å². The first-order chi connectivity index (χ1) is 11.9. The maximum absolute atomic E-state index is 12.5. The number of aromatic amines is 1. The van der Waals surface area contributed by atoms with E-state index < -0.39 is 0 Å². The number of nitrogens with zero attached hydrogens (tertiary/aromatic N) is 4. The highest BCUT2D eigenvalue weighted by atomic mass is 35.5. The summed E-state index contributed by atoms with van der Waals surface area (Å²) in [5, 5.41) is 12.7. The van der Waals surface area contributed by atoms with E-state index in [-0.39, 0.29) is 18.1 Å². The summed E-state index contributed by atoms with van der Waals surface area (Å²) in [6, 6.07) is 7.03. The number of aromatic nitrogens is 5. The quantitative estimate of drug-likeness (QED) is 0.708. The summed E-state index contributed by atoms with van der Waals surface area (Å²) in [5.41, 5.74) is 3.04. The fourth-order valence-corrected chi connectivity index (χ4v) is 2.92. The monoisotopic (exact) mass is 357 g/mol. The van der Waals surface area contributed by atoms with E-state index in [1.807, 2.05) is 0 Å². The fourth-order valence-electron chi connectivity index (χ4n) is 2.79. The molecule has 0 bridgehead atoms. The number of hydrogen-bond acceptors (Lipinski definition) is 5. The molecular weight excluding hydrogens is 342 g/mol. The third-order valence-electron chi connectivity index (χ3n) is 3.91. The highest BCUT2D eigenvalue weighted by Crippen LogP contribution is 2.20. The number of H-pyrrole nitrogens is 1. The molecule has 8 heteroatoms. The molecule has 0 saturated carbocycles. The Bertz CT molecular complexity index is 956. The van der Waals surface area contributed by atoms with Gasteiger partial charge in [-0.2, -0.15) is 4.80 Å². The number of carbonyl (C=O) groups excluding carboxylic acids is 2. The zero-order valence-corrected chi connectivity index (χ0v) is 14.8. The topological polar surface area (TPSA) is 93.5 Å². The van der Waals surface area contributed by atoms with Gasteiger partial charge in [0.15, 0.2) is 5.78 Å². The van der Waals surface area contributed by atoms with Crippen molar-refractivity contribution < 1.29 is 9.59 Å². The van der Waals surface area contributed by atoms with Crippen LogP contribution in [0.25, 0.3) is 11.4 Å². The van der Waals surface area contributed by atoms with Gasteiger partial charge >= 0.3 is 0 Å². The highest BCUT2D eigenvalue weighted by molar-refractivity contribution is 6.30. The van der Waals surface area contributed by atoms with E-state index in [9.17, 15) is 9.59 Å². The lowest BCUT2D eigenvalue weighted by Gasteiger charge is -2.00. The molecule has 7 nitrogen and oxygen atoms in total. The van der Waals surface area contributed by atoms with Gasteiger partial charge in [-0.1, -0.05) is 11.6 Å². The standard InChI is InChI=1S/C17H16ClN5O2/c1-9-15(11(3)24)10(2)19-16(9)14(25)8-23-21-17(20-22-23)12-4-6-13(18)7-5-12/h4-7,19H,8H2,1-3H3. The molecule has 0 atom stereocenters. The summed E-state index contributed by atoms with van der Waals surface area (Å²) in [4.78, 5) is 28.4. The largest absolute Gasteiger partial charge is 0.355 e. The zero-order valence-electron chi connectivity index (χ0n) is 14.0. The van der Waals surface area contributed by atoms with Crippen LogP contribution in [0, 0.1) is 13.8 Å². The Hall–Kier alpha value is -2.80. The van der Waals surface area contributed by atoms with Crippen LogP contribution < -0.4 is 0 Å². The molecule has 0 fully saturated rings. The van der Waals surface area contributed by atoms with E-state index in [1.165, 1.54) is 11.7 Å². The number of ketones is 2. The molecule has 3 aromatic rings. The molecule has 0 spiro atoms. The summed E-state index contributed by atoms with van der Waals surface area (Å²) >= 11 is 5.86. The molecule has 0 radical (unpaired) electrons. The van der Waals surface area contributed by atoms with Crippen LogP contribution >= 0.6 is 11.6 Å². The van der Waals surface area contributed by atoms with Crippen LogP contribution in [0.5, 0.6) is 0 Å². The lowest BCUT2D eigenvalue weighted by molar-refractivity contribution is 0.0956. The van der Waals surface area contributed by atoms with Crippen LogP contribution in [0.15, 0.2) is 24.3 Å². The smallest absolute Gasteiger partial charge is 0.204 e. The van der Waals surface area contributed by atoms with Crippen molar-refractivity contribution in [2.24, 2.45) is 0 Å². The van der Waals surface area contributed by atoms with Crippen molar-refractivity contribution in [1.82, 2.24) is 25.2 Å². The molecule has 1 aromatic carbocycles. The number of Topliss-reactive ketones (excluding diaryl/α,β-unsaturated/α-hetero) is 2. The third kappa shape index (κ3) is 3.36. The molecule has 0 saturated heterocycles. The van der Waals surface area contributed by atoms with Crippen molar-refractivity contribution in [2.45, 2.75) is 27.3 Å². The Morgan fingerprint density at radius 2 is 1.88 bits per heavy atom. The van der Waals surface area contributed by atoms with Crippen LogP contribution in [0.3, 0.4) is 0 Å². The molecule has 2 heterocycles. The van der Waals surface area contributed by atoms with Gasteiger partial charge in [-0.05, 0) is 55.8 Å². The molecule has 2 aromatic heterocycles. The SMILES string of the molecule is CC(=O)c1c(C)[nH]c(C(=O)Cn2nnc(-c3ccc(Cl)cc3)n2)c1C. The van der Waals surface area contributed by atoms with E-state index in [4.69, 9.17) is 11.6 Å². The molecule has 3 rings (SSSR count). The number of rotatable bonds is 5. The number of halogens is 1. The number of tetrazole rings is 1. The van der Waals surface area contributed by atoms with Crippen LogP contribution in [-0.4, -0.2) is 36.8 Å². The van der Waals surface area contributed by atoms with Crippen LogP contribution in [0.4, 0.5) is 0 Å². The summed E-state index contributed by atoms with van der Waals surface area (Å²) in [6.07, 6.45) is 0. The van der Waals surface area contributed by atoms with Crippen molar-refractivity contribution in [2.75, 3.05) is 0 Å². The van der Waals surface area contributed by atoms with Gasteiger partial charge in [-0.25, -0.2) is 0 Å². The number of carbonyl (C=O) groups is 2. The first-order valence-corrected chi connectivity index (χ1v) is 8.01. The van der Waals surface area contributed by atoms with Crippen molar-refractivity contribution in [3.05, 3.63) is 51.8 Å². The Morgan fingerprint density at radius 1 is 1.20 bits per heavy atom. The van der Waals surface area contributed by atoms with Gasteiger partial charge in [-0.3, -0.25) is 9.59 Å². The lowest BCUT2D eigenvalue weighted by atomic mass is 10.1. The van der Waals surface area contributed by atoms with Gasteiger partial charge in [0.25, 0.3) is 0 Å². The molecule has 1 N–H and O–H groups in total. The first-order valence-electron chi connectivity index (χ1n) is 7.64. The van der Waals surface area contributed by atoms with E-state index in [1.54, 1.807) is 38.1 Å². The van der Waals surface area contributed by atoms with Gasteiger partial charge < -0.3 is 4.98 Å². The molecule has 0 aliphatic carbocycles. The fraction of sp³-hybridized carbons (Fsp3) is 0.235. The summed E-state index contributed by atoms with van der Waals surface area (Å²) in [6.45, 7) is 4.93. The second-order valence-corrected chi connectivity index (χ2v) is 6.19. The van der Waals surface area contributed by atoms with Crippen molar-refractivity contribution >= 4 is 23.2 Å². The number of aryl methyl sites for hydroxylation is 1. The van der Waals surface area contributed by atoms with Gasteiger partial charge in [0.2, 0.25) is 11.6 Å². The van der Waals surface area contributed by atoms with Crippen molar-refractivity contribution in [3.63, 3.8) is 0 Å². The van der Waals surface area contributed by atoms with E-state index in [0.717, 1.165) is 5.56 Å². The first kappa shape index (κ1) is 17.0. The number of hydrogen-bond donors (Lipinski definition) is 1. The summed E-state index contributed by atoms with van der Waals surface area (Å²) in [7, 11) is 0. The Kier molecular flexibility index (Phi) is 4.50. The molecule has 25 heavy (non-hydrogen) atoms. The molecular formula is C17H16ClN5O2. The normalized spacial score (nSPS) is 10.9. The van der Waals surface area contributed by atoms with Gasteiger partial charge in [0.05, 0.1) is 5.69 Å². The molecule has 0 unspecified atom stereocenters. The van der Waals surface area contributed by atoms with Gasteiger partial charge in [0.1, 0.15) is 6.54 Å². The number of benzene rings is 1.